The van der Waals surface area contributed by atoms with Gasteiger partial charge in [0.1, 0.15) is 0 Å². The highest BCUT2D eigenvalue weighted by Crippen LogP contribution is 2.35. The molecular weight excluding hydrogens is 326 g/mol. The van der Waals surface area contributed by atoms with Crippen molar-refractivity contribution in [2.24, 2.45) is 0 Å². The second-order valence-corrected chi connectivity index (χ2v) is 5.78. The zero-order valence-corrected chi connectivity index (χ0v) is 13.8. The van der Waals surface area contributed by atoms with Crippen LogP contribution in [-0.4, -0.2) is 11.9 Å². The summed E-state index contributed by atoms with van der Waals surface area (Å²) >= 11 is 0. The lowest BCUT2D eigenvalue weighted by Crippen LogP contribution is -2.26. The number of cyclic esters (lactones) is 1. The van der Waals surface area contributed by atoms with Crippen molar-refractivity contribution in [1.29, 1.82) is 0 Å². The van der Waals surface area contributed by atoms with E-state index in [2.05, 4.69) is 0 Å². The van der Waals surface area contributed by atoms with Gasteiger partial charge in [0, 0.05) is 0 Å². The van der Waals surface area contributed by atoms with Gasteiger partial charge in [-0.1, -0.05) is 78.9 Å². The summed E-state index contributed by atoms with van der Waals surface area (Å²) in [5, 5.41) is 0. The standard InChI is InChI=1S/C22H15NO3/c24-20-22(25)26-21(23(20)18-14-8-3-9-15-18)19(16-10-4-1-5-11-16)17-12-6-2-7-13-17/h1-15H. The maximum Gasteiger partial charge on any atom is 0.404 e. The number of rotatable bonds is 3. The number of hydrogen-bond acceptors (Lipinski definition) is 3. The largest absolute Gasteiger partial charge is 0.404 e. The van der Waals surface area contributed by atoms with Crippen molar-refractivity contribution in [1.82, 2.24) is 0 Å². The highest BCUT2D eigenvalue weighted by Gasteiger charge is 2.40. The average molecular weight is 341 g/mol. The number of carbonyl (C=O) groups excluding carboxylic acids is 2. The predicted molar refractivity (Wildman–Crippen MR) is 98.9 cm³/mol. The molecule has 1 amide bonds. The first-order valence-electron chi connectivity index (χ1n) is 8.22. The predicted octanol–water partition coefficient (Wildman–Crippen LogP) is 3.99. The Morgan fingerprint density at radius 2 is 1.12 bits per heavy atom. The van der Waals surface area contributed by atoms with E-state index in [9.17, 15) is 9.59 Å². The van der Waals surface area contributed by atoms with Gasteiger partial charge < -0.3 is 4.74 Å². The van der Waals surface area contributed by atoms with Crippen molar-refractivity contribution >= 4 is 23.1 Å². The molecule has 0 aromatic heterocycles. The van der Waals surface area contributed by atoms with Crippen molar-refractivity contribution in [2.75, 3.05) is 4.90 Å². The fraction of sp³-hybridized carbons (Fsp3) is 0. The first kappa shape index (κ1) is 15.8. The maximum absolute atomic E-state index is 12.5. The Morgan fingerprint density at radius 3 is 1.62 bits per heavy atom. The molecule has 0 bridgehead atoms. The molecule has 3 aromatic rings. The Kier molecular flexibility index (Phi) is 4.07. The zero-order chi connectivity index (χ0) is 17.9. The lowest BCUT2D eigenvalue weighted by atomic mass is 9.98. The van der Waals surface area contributed by atoms with Crippen molar-refractivity contribution in [2.45, 2.75) is 0 Å². The van der Waals surface area contributed by atoms with Gasteiger partial charge in [-0.3, -0.25) is 4.79 Å². The van der Waals surface area contributed by atoms with E-state index in [1.165, 1.54) is 4.90 Å². The number of anilines is 1. The monoisotopic (exact) mass is 341 g/mol. The van der Waals surface area contributed by atoms with Gasteiger partial charge in [0.25, 0.3) is 0 Å². The summed E-state index contributed by atoms with van der Waals surface area (Å²) in [7, 11) is 0. The molecule has 1 saturated heterocycles. The Hall–Kier alpha value is -3.66. The van der Waals surface area contributed by atoms with E-state index in [4.69, 9.17) is 4.74 Å². The molecule has 26 heavy (non-hydrogen) atoms. The van der Waals surface area contributed by atoms with Crippen LogP contribution in [0.25, 0.3) is 5.57 Å². The minimum atomic E-state index is -0.881. The summed E-state index contributed by atoms with van der Waals surface area (Å²) in [6, 6.07) is 28.2. The highest BCUT2D eigenvalue weighted by atomic mass is 16.6. The maximum atomic E-state index is 12.5. The number of benzene rings is 3. The summed E-state index contributed by atoms with van der Waals surface area (Å²) in [6.07, 6.45) is 0. The molecule has 1 fully saturated rings. The van der Waals surface area contributed by atoms with Gasteiger partial charge in [-0.05, 0) is 23.3 Å². The summed E-state index contributed by atoms with van der Waals surface area (Å²) in [4.78, 5) is 25.9. The number of esters is 1. The van der Waals surface area contributed by atoms with Gasteiger partial charge in [-0.2, -0.15) is 0 Å². The molecule has 0 aliphatic carbocycles. The molecule has 1 heterocycles. The molecule has 4 rings (SSSR count). The van der Waals surface area contributed by atoms with E-state index in [0.717, 1.165) is 11.1 Å². The van der Waals surface area contributed by atoms with Crippen LogP contribution in [-0.2, 0) is 14.3 Å². The number of nitrogens with zero attached hydrogens (tertiary/aromatic N) is 1. The van der Waals surface area contributed by atoms with Gasteiger partial charge in [-0.25, -0.2) is 9.69 Å². The molecule has 0 unspecified atom stereocenters. The Morgan fingerprint density at radius 1 is 0.654 bits per heavy atom. The molecule has 0 spiro atoms. The second kappa shape index (κ2) is 6.69. The van der Waals surface area contributed by atoms with E-state index in [1.54, 1.807) is 12.1 Å². The van der Waals surface area contributed by atoms with E-state index in [1.807, 2.05) is 78.9 Å². The smallest absolute Gasteiger partial charge is 0.401 e. The molecule has 0 N–H and O–H groups in total. The normalized spacial score (nSPS) is 13.7. The Labute approximate surface area is 151 Å². The van der Waals surface area contributed by atoms with Crippen LogP contribution < -0.4 is 4.90 Å². The summed E-state index contributed by atoms with van der Waals surface area (Å²) in [5.74, 6) is -1.35. The van der Waals surface area contributed by atoms with Gasteiger partial charge in [0.15, 0.2) is 0 Å². The van der Waals surface area contributed by atoms with E-state index in [-0.39, 0.29) is 5.88 Å². The van der Waals surface area contributed by atoms with E-state index < -0.39 is 11.9 Å². The molecule has 4 heteroatoms. The van der Waals surface area contributed by atoms with Crippen molar-refractivity contribution in [3.05, 3.63) is 108 Å². The quantitative estimate of drug-likeness (QED) is 0.534. The second-order valence-electron chi connectivity index (χ2n) is 5.78. The van der Waals surface area contributed by atoms with Gasteiger partial charge in [0.2, 0.25) is 5.88 Å². The number of para-hydroxylation sites is 1. The fourth-order valence-electron chi connectivity index (χ4n) is 2.96. The summed E-state index contributed by atoms with van der Waals surface area (Å²) in [5.41, 5.74) is 2.99. The number of ether oxygens (including phenoxy) is 1. The molecule has 1 aliphatic heterocycles. The molecular formula is C22H15NO3. The van der Waals surface area contributed by atoms with Crippen LogP contribution >= 0.6 is 0 Å². The highest BCUT2D eigenvalue weighted by molar-refractivity contribution is 6.42. The third-order valence-corrected chi connectivity index (χ3v) is 4.12. The van der Waals surface area contributed by atoms with Crippen LogP contribution in [0.2, 0.25) is 0 Å². The molecule has 1 aliphatic rings. The first-order chi connectivity index (χ1) is 12.8. The van der Waals surface area contributed by atoms with Crippen LogP contribution in [0, 0.1) is 0 Å². The minimum absolute atomic E-state index is 0.226. The van der Waals surface area contributed by atoms with Crippen LogP contribution in [0.5, 0.6) is 0 Å². The zero-order valence-electron chi connectivity index (χ0n) is 13.8. The molecule has 3 aromatic carbocycles. The van der Waals surface area contributed by atoms with Crippen LogP contribution in [0.15, 0.2) is 96.9 Å². The molecule has 4 nitrogen and oxygen atoms in total. The van der Waals surface area contributed by atoms with Crippen molar-refractivity contribution in [3.63, 3.8) is 0 Å². The van der Waals surface area contributed by atoms with Gasteiger partial charge >= 0.3 is 11.9 Å². The first-order valence-corrected chi connectivity index (χ1v) is 8.22. The Bertz CT molecular complexity index is 938. The topological polar surface area (TPSA) is 46.6 Å². The molecule has 0 radical (unpaired) electrons. The molecule has 0 atom stereocenters. The molecule has 0 saturated carbocycles. The van der Waals surface area contributed by atoms with E-state index >= 15 is 0 Å². The van der Waals surface area contributed by atoms with Crippen molar-refractivity contribution in [3.8, 4) is 0 Å². The SMILES string of the molecule is O=C1OC(=C(c2ccccc2)c2ccccc2)N(c2ccccc2)C1=O. The van der Waals surface area contributed by atoms with Crippen LogP contribution in [0.3, 0.4) is 0 Å². The number of carbonyl (C=O) groups is 2. The number of amides is 1. The summed E-state index contributed by atoms with van der Waals surface area (Å²) in [6.45, 7) is 0. The Balaban J connectivity index is 1.99. The van der Waals surface area contributed by atoms with Crippen molar-refractivity contribution < 1.29 is 14.3 Å². The fourth-order valence-corrected chi connectivity index (χ4v) is 2.96. The lowest BCUT2D eigenvalue weighted by Gasteiger charge is -2.19. The third kappa shape index (κ3) is 2.78. The third-order valence-electron chi connectivity index (χ3n) is 4.12. The average Bonchev–Trinajstić information content (AvgIpc) is 2.99. The van der Waals surface area contributed by atoms with Crippen LogP contribution in [0.4, 0.5) is 5.69 Å². The number of hydrogen-bond donors (Lipinski definition) is 0. The van der Waals surface area contributed by atoms with E-state index in [0.29, 0.717) is 11.3 Å². The van der Waals surface area contributed by atoms with Gasteiger partial charge in [-0.15, -0.1) is 0 Å². The lowest BCUT2D eigenvalue weighted by molar-refractivity contribution is -0.145. The molecule has 126 valence electrons. The minimum Gasteiger partial charge on any atom is -0.401 e. The van der Waals surface area contributed by atoms with Crippen LogP contribution in [0.1, 0.15) is 11.1 Å². The summed E-state index contributed by atoms with van der Waals surface area (Å²) < 4.78 is 5.43. The van der Waals surface area contributed by atoms with Gasteiger partial charge in [0.05, 0.1) is 11.3 Å².